The predicted molar refractivity (Wildman–Crippen MR) is 77.0 cm³/mol. The fourth-order valence-corrected chi connectivity index (χ4v) is 2.95. The lowest BCUT2D eigenvalue weighted by Crippen LogP contribution is -2.38. The van der Waals surface area contributed by atoms with E-state index in [1.54, 1.807) is 0 Å². The van der Waals surface area contributed by atoms with Crippen molar-refractivity contribution >= 4 is 16.8 Å². The number of nitrogens with zero attached hydrogens (tertiary/aromatic N) is 1. The summed E-state index contributed by atoms with van der Waals surface area (Å²) in [7, 11) is 0. The zero-order chi connectivity index (χ0) is 13.1. The molecule has 3 nitrogen and oxygen atoms in total. The number of fused-ring (bicyclic) bond motifs is 1. The van der Waals surface area contributed by atoms with Crippen molar-refractivity contribution in [1.29, 1.82) is 0 Å². The number of nitrogens with one attached hydrogen (secondary N) is 1. The highest BCUT2D eigenvalue weighted by atomic mass is 16.2. The average Bonchev–Trinajstić information content (AvgIpc) is 2.83. The van der Waals surface area contributed by atoms with Crippen molar-refractivity contribution in [3.8, 4) is 0 Å². The van der Waals surface area contributed by atoms with E-state index in [0.29, 0.717) is 12.6 Å². The predicted octanol–water partition coefficient (Wildman–Crippen LogP) is 3.09. The Balaban J connectivity index is 1.65. The van der Waals surface area contributed by atoms with Gasteiger partial charge in [-0.25, -0.2) is 0 Å². The topological polar surface area (TPSA) is 34.0 Å². The van der Waals surface area contributed by atoms with Crippen LogP contribution in [0.3, 0.4) is 0 Å². The number of amides is 1. The number of hydrogen-bond donors (Lipinski definition) is 1. The van der Waals surface area contributed by atoms with Gasteiger partial charge < -0.3 is 9.88 Å². The standard InChI is InChI=1S/C16H20N2O/c19-16(17-14-7-2-1-3-8-14)12-18-11-10-13-6-4-5-9-15(13)18/h4-6,9-11,14H,1-3,7-8,12H2,(H,17,19). The highest BCUT2D eigenvalue weighted by Crippen LogP contribution is 2.18. The third kappa shape index (κ3) is 2.80. The number of para-hydroxylation sites is 1. The Morgan fingerprint density at radius 3 is 2.79 bits per heavy atom. The van der Waals surface area contributed by atoms with Crippen LogP contribution in [-0.2, 0) is 11.3 Å². The second-order valence-corrected chi connectivity index (χ2v) is 5.40. The monoisotopic (exact) mass is 256 g/mol. The third-order valence-electron chi connectivity index (χ3n) is 3.96. The molecule has 3 heteroatoms. The van der Waals surface area contributed by atoms with Crippen LogP contribution in [0.15, 0.2) is 36.5 Å². The van der Waals surface area contributed by atoms with Crippen molar-refractivity contribution in [2.24, 2.45) is 0 Å². The summed E-state index contributed by atoms with van der Waals surface area (Å²) in [5, 5.41) is 4.35. The van der Waals surface area contributed by atoms with E-state index < -0.39 is 0 Å². The van der Waals surface area contributed by atoms with Crippen molar-refractivity contribution in [3.63, 3.8) is 0 Å². The van der Waals surface area contributed by atoms with Crippen molar-refractivity contribution < 1.29 is 4.79 Å². The smallest absolute Gasteiger partial charge is 0.240 e. The molecule has 1 N–H and O–H groups in total. The molecular formula is C16H20N2O. The van der Waals surface area contributed by atoms with Gasteiger partial charge in [0.2, 0.25) is 5.91 Å². The molecule has 1 heterocycles. The largest absolute Gasteiger partial charge is 0.352 e. The molecule has 2 aromatic rings. The Bertz CT molecular complexity index is 567. The summed E-state index contributed by atoms with van der Waals surface area (Å²) in [5.41, 5.74) is 1.13. The molecule has 1 aromatic carbocycles. The summed E-state index contributed by atoms with van der Waals surface area (Å²) in [6.07, 6.45) is 8.07. The Hall–Kier alpha value is -1.77. The summed E-state index contributed by atoms with van der Waals surface area (Å²) < 4.78 is 2.02. The van der Waals surface area contributed by atoms with Gasteiger partial charge in [0.1, 0.15) is 6.54 Å². The molecule has 0 saturated heterocycles. The molecule has 1 amide bonds. The lowest BCUT2D eigenvalue weighted by Gasteiger charge is -2.22. The lowest BCUT2D eigenvalue weighted by atomic mass is 9.95. The second-order valence-electron chi connectivity index (χ2n) is 5.40. The van der Waals surface area contributed by atoms with Crippen molar-refractivity contribution in [2.45, 2.75) is 44.7 Å². The highest BCUT2D eigenvalue weighted by Gasteiger charge is 2.15. The van der Waals surface area contributed by atoms with Gasteiger partial charge in [0.15, 0.2) is 0 Å². The van der Waals surface area contributed by atoms with E-state index >= 15 is 0 Å². The average molecular weight is 256 g/mol. The minimum Gasteiger partial charge on any atom is -0.352 e. The number of hydrogen-bond acceptors (Lipinski definition) is 1. The molecule has 0 radical (unpaired) electrons. The fourth-order valence-electron chi connectivity index (χ4n) is 2.95. The minimum absolute atomic E-state index is 0.133. The van der Waals surface area contributed by atoms with E-state index in [-0.39, 0.29) is 5.91 Å². The van der Waals surface area contributed by atoms with Crippen LogP contribution in [-0.4, -0.2) is 16.5 Å². The van der Waals surface area contributed by atoms with E-state index in [0.717, 1.165) is 18.4 Å². The first-order chi connectivity index (χ1) is 9.33. The van der Waals surface area contributed by atoms with Crippen LogP contribution in [0.1, 0.15) is 32.1 Å². The number of carbonyl (C=O) groups is 1. The van der Waals surface area contributed by atoms with Gasteiger partial charge >= 0.3 is 0 Å². The van der Waals surface area contributed by atoms with Crippen LogP contribution in [0.4, 0.5) is 0 Å². The van der Waals surface area contributed by atoms with Crippen LogP contribution in [0.2, 0.25) is 0 Å². The van der Waals surface area contributed by atoms with E-state index in [4.69, 9.17) is 0 Å². The van der Waals surface area contributed by atoms with Gasteiger partial charge in [0, 0.05) is 17.8 Å². The molecule has 0 spiro atoms. The van der Waals surface area contributed by atoms with E-state index in [1.807, 2.05) is 22.9 Å². The van der Waals surface area contributed by atoms with Crippen molar-refractivity contribution in [2.75, 3.05) is 0 Å². The van der Waals surface area contributed by atoms with Gasteiger partial charge in [-0.2, -0.15) is 0 Å². The molecule has 1 saturated carbocycles. The molecule has 1 aliphatic carbocycles. The molecule has 0 aliphatic heterocycles. The molecule has 100 valence electrons. The molecule has 19 heavy (non-hydrogen) atoms. The number of aromatic nitrogens is 1. The number of benzene rings is 1. The molecule has 1 aliphatic rings. The first-order valence-electron chi connectivity index (χ1n) is 7.16. The summed E-state index contributed by atoms with van der Waals surface area (Å²) >= 11 is 0. The summed E-state index contributed by atoms with van der Waals surface area (Å²) in [6, 6.07) is 10.6. The van der Waals surface area contributed by atoms with E-state index in [9.17, 15) is 4.79 Å². The number of rotatable bonds is 3. The third-order valence-corrected chi connectivity index (χ3v) is 3.96. The number of carbonyl (C=O) groups excluding carboxylic acids is 1. The quantitative estimate of drug-likeness (QED) is 0.899. The van der Waals surface area contributed by atoms with Gasteiger partial charge in [0.25, 0.3) is 0 Å². The summed E-state index contributed by atoms with van der Waals surface area (Å²) in [4.78, 5) is 12.1. The Morgan fingerprint density at radius 1 is 1.16 bits per heavy atom. The molecule has 1 aromatic heterocycles. The molecule has 0 unspecified atom stereocenters. The van der Waals surface area contributed by atoms with Crippen molar-refractivity contribution in [1.82, 2.24) is 9.88 Å². The van der Waals surface area contributed by atoms with E-state index in [2.05, 4.69) is 23.5 Å². The zero-order valence-corrected chi connectivity index (χ0v) is 11.1. The van der Waals surface area contributed by atoms with Crippen LogP contribution in [0.25, 0.3) is 10.9 Å². The van der Waals surface area contributed by atoms with Gasteiger partial charge in [-0.3, -0.25) is 4.79 Å². The molecule has 0 bridgehead atoms. The lowest BCUT2D eigenvalue weighted by molar-refractivity contribution is -0.122. The molecule has 3 rings (SSSR count). The van der Waals surface area contributed by atoms with Crippen LogP contribution < -0.4 is 5.32 Å². The maximum atomic E-state index is 12.1. The fraction of sp³-hybridized carbons (Fsp3) is 0.438. The minimum atomic E-state index is 0.133. The Kier molecular flexibility index (Phi) is 3.53. The first kappa shape index (κ1) is 12.3. The zero-order valence-electron chi connectivity index (χ0n) is 11.1. The summed E-state index contributed by atoms with van der Waals surface area (Å²) in [6.45, 7) is 0.421. The molecule has 0 atom stereocenters. The molecular weight excluding hydrogens is 236 g/mol. The van der Waals surface area contributed by atoms with Crippen molar-refractivity contribution in [3.05, 3.63) is 36.5 Å². The Labute approximate surface area is 113 Å². The van der Waals surface area contributed by atoms with Gasteiger partial charge in [-0.05, 0) is 30.4 Å². The van der Waals surface area contributed by atoms with Crippen LogP contribution in [0.5, 0.6) is 0 Å². The maximum Gasteiger partial charge on any atom is 0.240 e. The highest BCUT2D eigenvalue weighted by molar-refractivity contribution is 5.83. The summed E-state index contributed by atoms with van der Waals surface area (Å²) in [5.74, 6) is 0.133. The first-order valence-corrected chi connectivity index (χ1v) is 7.16. The van der Waals surface area contributed by atoms with Crippen LogP contribution >= 0.6 is 0 Å². The van der Waals surface area contributed by atoms with Gasteiger partial charge in [-0.15, -0.1) is 0 Å². The molecule has 1 fully saturated rings. The second kappa shape index (κ2) is 5.47. The maximum absolute atomic E-state index is 12.1. The SMILES string of the molecule is O=C(Cn1ccc2ccccc21)NC1CCCCC1. The van der Waals surface area contributed by atoms with Crippen LogP contribution in [0, 0.1) is 0 Å². The van der Waals surface area contributed by atoms with E-state index in [1.165, 1.54) is 24.6 Å². The van der Waals surface area contributed by atoms with Gasteiger partial charge in [-0.1, -0.05) is 37.5 Å². The normalized spacial score (nSPS) is 16.6. The van der Waals surface area contributed by atoms with Gasteiger partial charge in [0.05, 0.1) is 0 Å². The Morgan fingerprint density at radius 2 is 1.95 bits per heavy atom.